The standard InChI is InChI=1S/C3H9O2Si/c1-2-3-6(4)5/h3-6H,2H2,1H3. The molecule has 0 rings (SSSR count). The molecule has 0 aromatic carbocycles. The Morgan fingerprint density at radius 3 is 2.17 bits per heavy atom. The lowest BCUT2D eigenvalue weighted by Gasteiger charge is -1.90. The predicted octanol–water partition coefficient (Wildman–Crippen LogP) is -0.655. The Bertz CT molecular complexity index is 30.0. The van der Waals surface area contributed by atoms with Gasteiger partial charge in [-0.15, -0.1) is 0 Å². The minimum atomic E-state index is -2.30. The van der Waals surface area contributed by atoms with E-state index >= 15 is 0 Å². The first-order valence-electron chi connectivity index (χ1n) is 1.97. The summed E-state index contributed by atoms with van der Waals surface area (Å²) in [4.78, 5) is 16.4. The average molecular weight is 105 g/mol. The van der Waals surface area contributed by atoms with Gasteiger partial charge in [0.25, 0.3) is 0 Å². The van der Waals surface area contributed by atoms with Crippen molar-refractivity contribution in [3.8, 4) is 0 Å². The third kappa shape index (κ3) is 4.14. The zero-order valence-electron chi connectivity index (χ0n) is 3.76. The summed E-state index contributed by atoms with van der Waals surface area (Å²) < 4.78 is 0. The molecule has 3 heteroatoms. The molecule has 2 N–H and O–H groups in total. The second-order valence-corrected chi connectivity index (χ2v) is 2.36. The Labute approximate surface area is 39.3 Å². The van der Waals surface area contributed by atoms with E-state index in [0.717, 1.165) is 6.42 Å². The van der Waals surface area contributed by atoms with Crippen molar-refractivity contribution in [1.82, 2.24) is 0 Å². The molecule has 0 aliphatic rings. The van der Waals surface area contributed by atoms with Gasteiger partial charge in [0.15, 0.2) is 0 Å². The fourth-order valence-electron chi connectivity index (χ4n) is 0.211. The SMILES string of the molecule is CC[CH][SiH](O)O. The van der Waals surface area contributed by atoms with Crippen LogP contribution in [0.1, 0.15) is 13.3 Å². The van der Waals surface area contributed by atoms with Crippen molar-refractivity contribution in [3.63, 3.8) is 0 Å². The lowest BCUT2D eigenvalue weighted by atomic mass is 10.6. The summed E-state index contributed by atoms with van der Waals surface area (Å²) in [6.07, 6.45) is 0.768. The van der Waals surface area contributed by atoms with Gasteiger partial charge in [0.2, 0.25) is 0 Å². The second kappa shape index (κ2) is 3.33. The fraction of sp³-hybridized carbons (Fsp3) is 0.667. The van der Waals surface area contributed by atoms with E-state index in [0.29, 0.717) is 0 Å². The molecule has 0 atom stereocenters. The zero-order valence-corrected chi connectivity index (χ0v) is 4.91. The third-order valence-electron chi connectivity index (χ3n) is 0.447. The molecular weight excluding hydrogens is 96.1 g/mol. The predicted molar refractivity (Wildman–Crippen MR) is 26.2 cm³/mol. The van der Waals surface area contributed by atoms with E-state index in [1.165, 1.54) is 0 Å². The molecule has 0 aliphatic heterocycles. The average Bonchev–Trinajstić information content (AvgIpc) is 1.35. The molecule has 0 saturated carbocycles. The normalized spacial score (nSPS) is 10.0. The Morgan fingerprint density at radius 1 is 1.67 bits per heavy atom. The first-order chi connectivity index (χ1) is 2.77. The highest BCUT2D eigenvalue weighted by Gasteiger charge is 1.95. The maximum absolute atomic E-state index is 8.19. The second-order valence-electron chi connectivity index (χ2n) is 1.06. The molecule has 0 saturated heterocycles. The van der Waals surface area contributed by atoms with Crippen molar-refractivity contribution in [1.29, 1.82) is 0 Å². The molecule has 0 fully saturated rings. The summed E-state index contributed by atoms with van der Waals surface area (Å²) in [5.74, 6) is 0. The van der Waals surface area contributed by atoms with Crippen molar-refractivity contribution in [2.45, 2.75) is 13.3 Å². The monoisotopic (exact) mass is 105 g/mol. The first-order valence-corrected chi connectivity index (χ1v) is 3.66. The molecular formula is C3H9O2Si. The van der Waals surface area contributed by atoms with Crippen LogP contribution in [-0.4, -0.2) is 18.9 Å². The van der Waals surface area contributed by atoms with Gasteiger partial charge >= 0.3 is 9.28 Å². The van der Waals surface area contributed by atoms with Crippen LogP contribution in [0.25, 0.3) is 0 Å². The van der Waals surface area contributed by atoms with Gasteiger partial charge in [-0.2, -0.15) is 0 Å². The first kappa shape index (κ1) is 6.14. The van der Waals surface area contributed by atoms with Crippen LogP contribution in [0.15, 0.2) is 0 Å². The van der Waals surface area contributed by atoms with E-state index in [2.05, 4.69) is 0 Å². The van der Waals surface area contributed by atoms with Crippen LogP contribution < -0.4 is 0 Å². The van der Waals surface area contributed by atoms with E-state index in [1.807, 2.05) is 6.92 Å². The van der Waals surface area contributed by atoms with Gasteiger partial charge in [-0.05, 0) is 0 Å². The van der Waals surface area contributed by atoms with Crippen molar-refractivity contribution in [2.75, 3.05) is 0 Å². The third-order valence-corrected chi connectivity index (χ3v) is 1.34. The van der Waals surface area contributed by atoms with Gasteiger partial charge in [0.1, 0.15) is 0 Å². The zero-order chi connectivity index (χ0) is 4.99. The van der Waals surface area contributed by atoms with Crippen LogP contribution in [0.3, 0.4) is 0 Å². The van der Waals surface area contributed by atoms with Crippen LogP contribution in [0.2, 0.25) is 0 Å². The summed E-state index contributed by atoms with van der Waals surface area (Å²) in [6, 6.07) is 1.54. The summed E-state index contributed by atoms with van der Waals surface area (Å²) in [6.45, 7) is 1.88. The lowest BCUT2D eigenvalue weighted by molar-refractivity contribution is 0.416. The summed E-state index contributed by atoms with van der Waals surface area (Å²) in [5.41, 5.74) is 0. The maximum Gasteiger partial charge on any atom is 0.319 e. The molecule has 0 aliphatic carbocycles. The molecule has 1 radical (unpaired) electrons. The van der Waals surface area contributed by atoms with Gasteiger partial charge < -0.3 is 9.59 Å². The van der Waals surface area contributed by atoms with Crippen LogP contribution in [0, 0.1) is 6.04 Å². The Kier molecular flexibility index (Phi) is 3.41. The van der Waals surface area contributed by atoms with E-state index in [9.17, 15) is 0 Å². The van der Waals surface area contributed by atoms with Crippen LogP contribution in [0.5, 0.6) is 0 Å². The van der Waals surface area contributed by atoms with Crippen LogP contribution >= 0.6 is 0 Å². The molecule has 2 nitrogen and oxygen atoms in total. The largest absolute Gasteiger partial charge is 0.413 e. The van der Waals surface area contributed by atoms with Gasteiger partial charge in [-0.1, -0.05) is 13.3 Å². The summed E-state index contributed by atoms with van der Waals surface area (Å²) in [5, 5.41) is 0. The highest BCUT2D eigenvalue weighted by Crippen LogP contribution is 1.82. The molecule has 0 amide bonds. The quantitative estimate of drug-likeness (QED) is 0.458. The minimum Gasteiger partial charge on any atom is -0.413 e. The Hall–Kier alpha value is 0.137. The fourth-order valence-corrected chi connectivity index (χ4v) is 0.632. The smallest absolute Gasteiger partial charge is 0.319 e. The molecule has 0 aromatic heterocycles. The minimum absolute atomic E-state index is 0.768. The van der Waals surface area contributed by atoms with Crippen molar-refractivity contribution in [3.05, 3.63) is 6.04 Å². The highest BCUT2D eigenvalue weighted by molar-refractivity contribution is 6.45. The van der Waals surface area contributed by atoms with Crippen LogP contribution in [-0.2, 0) is 0 Å². The van der Waals surface area contributed by atoms with Gasteiger partial charge in [-0.25, -0.2) is 0 Å². The summed E-state index contributed by atoms with van der Waals surface area (Å²) in [7, 11) is -2.30. The lowest BCUT2D eigenvalue weighted by Crippen LogP contribution is -2.10. The number of hydrogen-bond acceptors (Lipinski definition) is 2. The molecule has 0 bridgehead atoms. The van der Waals surface area contributed by atoms with E-state index in [1.54, 1.807) is 6.04 Å². The Balaban J connectivity index is 2.63. The Morgan fingerprint density at radius 2 is 2.17 bits per heavy atom. The van der Waals surface area contributed by atoms with Gasteiger partial charge in [-0.3, -0.25) is 0 Å². The topological polar surface area (TPSA) is 40.5 Å². The van der Waals surface area contributed by atoms with Crippen molar-refractivity contribution in [2.24, 2.45) is 0 Å². The summed E-state index contributed by atoms with van der Waals surface area (Å²) >= 11 is 0. The molecule has 37 valence electrons. The van der Waals surface area contributed by atoms with Crippen molar-refractivity contribution < 1.29 is 9.59 Å². The molecule has 0 heterocycles. The van der Waals surface area contributed by atoms with Crippen molar-refractivity contribution >= 4 is 9.28 Å². The molecule has 0 aromatic rings. The van der Waals surface area contributed by atoms with Crippen LogP contribution in [0.4, 0.5) is 0 Å². The van der Waals surface area contributed by atoms with E-state index < -0.39 is 9.28 Å². The van der Waals surface area contributed by atoms with E-state index in [-0.39, 0.29) is 0 Å². The van der Waals surface area contributed by atoms with E-state index in [4.69, 9.17) is 9.59 Å². The highest BCUT2D eigenvalue weighted by atomic mass is 28.3. The van der Waals surface area contributed by atoms with Gasteiger partial charge in [0.05, 0.1) is 0 Å². The molecule has 0 spiro atoms. The van der Waals surface area contributed by atoms with Gasteiger partial charge in [0, 0.05) is 6.04 Å². The number of hydrogen-bond donors (Lipinski definition) is 2. The maximum atomic E-state index is 8.19. The molecule has 6 heavy (non-hydrogen) atoms. The molecule has 0 unspecified atom stereocenters. The number of rotatable bonds is 2.